The van der Waals surface area contributed by atoms with Crippen molar-refractivity contribution in [2.45, 2.75) is 46.6 Å². The molecular formula is C11H21N. The molecule has 0 atom stereocenters. The van der Waals surface area contributed by atoms with Gasteiger partial charge in [-0.3, -0.25) is 4.99 Å². The molecule has 0 saturated carbocycles. The van der Waals surface area contributed by atoms with Gasteiger partial charge in [0.05, 0.1) is 5.54 Å². The van der Waals surface area contributed by atoms with Crippen molar-refractivity contribution in [1.29, 1.82) is 0 Å². The van der Waals surface area contributed by atoms with Crippen molar-refractivity contribution in [2.24, 2.45) is 10.4 Å². The van der Waals surface area contributed by atoms with Gasteiger partial charge < -0.3 is 0 Å². The molecule has 0 saturated heterocycles. The lowest BCUT2D eigenvalue weighted by atomic mass is 9.91. The third kappa shape index (κ3) is 6.14. The fourth-order valence-corrected chi connectivity index (χ4v) is 0.793. The van der Waals surface area contributed by atoms with Crippen LogP contribution in [-0.4, -0.2) is 11.8 Å². The zero-order valence-corrected chi connectivity index (χ0v) is 9.02. The van der Waals surface area contributed by atoms with Crippen molar-refractivity contribution in [3.63, 3.8) is 0 Å². The molecule has 0 unspecified atom stereocenters. The van der Waals surface area contributed by atoms with E-state index in [4.69, 9.17) is 0 Å². The van der Waals surface area contributed by atoms with Crippen LogP contribution in [0.1, 0.15) is 41.0 Å². The third-order valence-electron chi connectivity index (χ3n) is 1.47. The monoisotopic (exact) mass is 167 g/mol. The van der Waals surface area contributed by atoms with Crippen LogP contribution in [-0.2, 0) is 0 Å². The van der Waals surface area contributed by atoms with E-state index in [1.54, 1.807) is 0 Å². The van der Waals surface area contributed by atoms with E-state index in [0.717, 1.165) is 6.42 Å². The quantitative estimate of drug-likeness (QED) is 0.451. The number of nitrogens with zero attached hydrogens (tertiary/aromatic N) is 1. The van der Waals surface area contributed by atoms with E-state index < -0.39 is 0 Å². The maximum absolute atomic E-state index is 4.47. The first kappa shape index (κ1) is 11.4. The largest absolute Gasteiger partial charge is 0.291 e. The van der Waals surface area contributed by atoms with Gasteiger partial charge in [-0.25, -0.2) is 0 Å². The van der Waals surface area contributed by atoms with Crippen LogP contribution >= 0.6 is 0 Å². The highest BCUT2D eigenvalue weighted by atomic mass is 14.8. The average Bonchev–Trinajstić information content (AvgIpc) is 1.83. The Morgan fingerprint density at radius 2 is 1.67 bits per heavy atom. The van der Waals surface area contributed by atoms with E-state index in [0.29, 0.717) is 0 Å². The maximum atomic E-state index is 4.47. The highest BCUT2D eigenvalue weighted by Crippen LogP contribution is 2.19. The summed E-state index contributed by atoms with van der Waals surface area (Å²) in [4.78, 5) is 4.47. The molecule has 1 heteroatoms. The topological polar surface area (TPSA) is 12.4 Å². The second-order valence-electron chi connectivity index (χ2n) is 4.91. The minimum Gasteiger partial charge on any atom is -0.291 e. The molecule has 0 spiro atoms. The van der Waals surface area contributed by atoms with E-state index in [9.17, 15) is 0 Å². The van der Waals surface area contributed by atoms with E-state index in [-0.39, 0.29) is 11.0 Å². The SMILES string of the molecule is C=CCC(C)(C)/C=N/C(C)(C)C. The summed E-state index contributed by atoms with van der Waals surface area (Å²) in [5, 5.41) is 0. The Kier molecular flexibility index (Phi) is 3.69. The zero-order chi connectivity index (χ0) is 9.83. The molecule has 0 rings (SSSR count). The molecular weight excluding hydrogens is 146 g/mol. The summed E-state index contributed by atoms with van der Waals surface area (Å²) in [6.45, 7) is 14.4. The van der Waals surface area contributed by atoms with Crippen LogP contribution in [0, 0.1) is 5.41 Å². The van der Waals surface area contributed by atoms with Crippen molar-refractivity contribution in [1.82, 2.24) is 0 Å². The van der Waals surface area contributed by atoms with Crippen LogP contribution in [0.5, 0.6) is 0 Å². The minimum atomic E-state index is 0.0401. The lowest BCUT2D eigenvalue weighted by molar-refractivity contribution is 0.521. The third-order valence-corrected chi connectivity index (χ3v) is 1.47. The molecule has 0 amide bonds. The molecule has 0 radical (unpaired) electrons. The summed E-state index contributed by atoms with van der Waals surface area (Å²) < 4.78 is 0. The number of rotatable bonds is 3. The van der Waals surface area contributed by atoms with Gasteiger partial charge in [-0.05, 0) is 27.2 Å². The predicted molar refractivity (Wildman–Crippen MR) is 56.8 cm³/mol. The summed E-state index contributed by atoms with van der Waals surface area (Å²) in [7, 11) is 0. The molecule has 1 nitrogen and oxygen atoms in total. The van der Waals surface area contributed by atoms with Gasteiger partial charge in [0.1, 0.15) is 0 Å². The molecule has 0 aliphatic carbocycles. The average molecular weight is 167 g/mol. The van der Waals surface area contributed by atoms with Crippen molar-refractivity contribution in [3.8, 4) is 0 Å². The van der Waals surface area contributed by atoms with Gasteiger partial charge in [-0.2, -0.15) is 0 Å². The van der Waals surface area contributed by atoms with Crippen molar-refractivity contribution < 1.29 is 0 Å². The van der Waals surface area contributed by atoms with Crippen LogP contribution in [0.2, 0.25) is 0 Å². The molecule has 70 valence electrons. The first-order chi connectivity index (χ1) is 5.27. The van der Waals surface area contributed by atoms with Gasteiger partial charge in [-0.15, -0.1) is 6.58 Å². The van der Waals surface area contributed by atoms with Gasteiger partial charge in [-0.1, -0.05) is 19.9 Å². The first-order valence-electron chi connectivity index (χ1n) is 4.44. The van der Waals surface area contributed by atoms with E-state index in [1.807, 2.05) is 12.3 Å². The van der Waals surface area contributed by atoms with Crippen LogP contribution in [0.3, 0.4) is 0 Å². The summed E-state index contributed by atoms with van der Waals surface area (Å²) in [5.74, 6) is 0. The van der Waals surface area contributed by atoms with Gasteiger partial charge in [0.2, 0.25) is 0 Å². The molecule has 0 aromatic heterocycles. The highest BCUT2D eigenvalue weighted by molar-refractivity contribution is 5.65. The molecule has 0 aliphatic heterocycles. The van der Waals surface area contributed by atoms with Crippen LogP contribution in [0.4, 0.5) is 0 Å². The van der Waals surface area contributed by atoms with E-state index in [1.165, 1.54) is 0 Å². The van der Waals surface area contributed by atoms with Crippen LogP contribution in [0.15, 0.2) is 17.6 Å². The number of hydrogen-bond donors (Lipinski definition) is 0. The molecule has 0 N–H and O–H groups in total. The Morgan fingerprint density at radius 1 is 1.17 bits per heavy atom. The Labute approximate surface area is 76.6 Å². The molecule has 0 aromatic rings. The minimum absolute atomic E-state index is 0.0401. The van der Waals surface area contributed by atoms with E-state index in [2.05, 4.69) is 46.2 Å². The summed E-state index contributed by atoms with van der Waals surface area (Å²) >= 11 is 0. The van der Waals surface area contributed by atoms with Crippen LogP contribution in [0.25, 0.3) is 0 Å². The highest BCUT2D eigenvalue weighted by Gasteiger charge is 2.14. The van der Waals surface area contributed by atoms with Crippen LogP contribution < -0.4 is 0 Å². The number of allylic oxidation sites excluding steroid dienone is 1. The Morgan fingerprint density at radius 3 is 2.00 bits per heavy atom. The first-order valence-corrected chi connectivity index (χ1v) is 4.44. The normalized spacial score (nSPS) is 13.8. The molecule has 0 heterocycles. The maximum Gasteiger partial charge on any atom is 0.0520 e. The van der Waals surface area contributed by atoms with Gasteiger partial charge in [0.15, 0.2) is 0 Å². The molecule has 0 bridgehead atoms. The lowest BCUT2D eigenvalue weighted by Crippen LogP contribution is -2.17. The van der Waals surface area contributed by atoms with Gasteiger partial charge in [0.25, 0.3) is 0 Å². The standard InChI is InChI=1S/C11H21N/c1-7-8-11(5,6)9-12-10(2,3)4/h7,9H,1,8H2,2-6H3/b12-9+. The smallest absolute Gasteiger partial charge is 0.0520 e. The summed E-state index contributed by atoms with van der Waals surface area (Å²) in [6.07, 6.45) is 4.95. The van der Waals surface area contributed by atoms with Gasteiger partial charge >= 0.3 is 0 Å². The molecule has 0 fully saturated rings. The second kappa shape index (κ2) is 3.88. The zero-order valence-electron chi connectivity index (χ0n) is 9.02. The Balaban J connectivity index is 4.22. The fraction of sp³-hybridized carbons (Fsp3) is 0.727. The molecule has 12 heavy (non-hydrogen) atoms. The second-order valence-corrected chi connectivity index (χ2v) is 4.91. The predicted octanol–water partition coefficient (Wildman–Crippen LogP) is 3.46. The van der Waals surface area contributed by atoms with Crippen molar-refractivity contribution in [3.05, 3.63) is 12.7 Å². The summed E-state index contributed by atoms with van der Waals surface area (Å²) in [5.41, 5.74) is 0.188. The number of hydrogen-bond acceptors (Lipinski definition) is 1. The van der Waals surface area contributed by atoms with Crippen molar-refractivity contribution >= 4 is 6.21 Å². The molecule has 0 aliphatic rings. The lowest BCUT2D eigenvalue weighted by Gasteiger charge is -2.20. The Hall–Kier alpha value is -0.590. The van der Waals surface area contributed by atoms with E-state index >= 15 is 0 Å². The van der Waals surface area contributed by atoms with Crippen molar-refractivity contribution in [2.75, 3.05) is 0 Å². The number of aliphatic imine (C=N–C) groups is 1. The summed E-state index contributed by atoms with van der Waals surface area (Å²) in [6, 6.07) is 0. The fourth-order valence-electron chi connectivity index (χ4n) is 0.793. The molecule has 0 aromatic carbocycles. The Bertz CT molecular complexity index is 170. The van der Waals surface area contributed by atoms with Gasteiger partial charge in [0, 0.05) is 11.6 Å².